The maximum atomic E-state index is 12.9. The lowest BCUT2D eigenvalue weighted by Crippen LogP contribution is -2.27. The second-order valence-corrected chi connectivity index (χ2v) is 10.4. The van der Waals surface area contributed by atoms with Gasteiger partial charge in [0.1, 0.15) is 0 Å². The first-order chi connectivity index (χ1) is 18.1. The molecule has 7 nitrogen and oxygen atoms in total. The van der Waals surface area contributed by atoms with Gasteiger partial charge in [0.25, 0.3) is 17.1 Å². The van der Waals surface area contributed by atoms with Crippen molar-refractivity contribution in [2.45, 2.75) is 20.4 Å². The van der Waals surface area contributed by atoms with Gasteiger partial charge in [-0.15, -0.1) is 0 Å². The second kappa shape index (κ2) is 11.9. The zero-order valence-corrected chi connectivity index (χ0v) is 23.2. The Morgan fingerprint density at radius 2 is 1.82 bits per heavy atom. The van der Waals surface area contributed by atoms with Crippen molar-refractivity contribution in [1.29, 1.82) is 0 Å². The molecule has 0 aliphatic carbocycles. The lowest BCUT2D eigenvalue weighted by Gasteiger charge is -2.14. The first kappa shape index (κ1) is 27.6. The molecular weight excluding hydrogens is 547 g/mol. The Morgan fingerprint density at radius 3 is 2.53 bits per heavy atom. The molecule has 3 amide bonds. The highest BCUT2D eigenvalue weighted by Crippen LogP contribution is 2.36. The first-order valence-corrected chi connectivity index (χ1v) is 13.1. The fourth-order valence-electron chi connectivity index (χ4n) is 3.78. The molecule has 0 aromatic heterocycles. The molecule has 3 aromatic carbocycles. The number of imide groups is 1. The molecule has 1 N–H and O–H groups in total. The van der Waals surface area contributed by atoms with Gasteiger partial charge in [-0.05, 0) is 78.7 Å². The summed E-state index contributed by atoms with van der Waals surface area (Å²) in [5, 5.41) is 3.29. The van der Waals surface area contributed by atoms with Crippen LogP contribution >= 0.6 is 35.0 Å². The molecule has 1 aliphatic heterocycles. The summed E-state index contributed by atoms with van der Waals surface area (Å²) in [5.41, 5.74) is 4.03. The van der Waals surface area contributed by atoms with Crippen molar-refractivity contribution in [1.82, 2.24) is 4.90 Å². The van der Waals surface area contributed by atoms with Gasteiger partial charge in [-0.3, -0.25) is 19.3 Å². The van der Waals surface area contributed by atoms with Gasteiger partial charge < -0.3 is 14.8 Å². The van der Waals surface area contributed by atoms with Gasteiger partial charge in [-0.1, -0.05) is 53.0 Å². The molecule has 1 aliphatic rings. The maximum Gasteiger partial charge on any atom is 0.293 e. The normalized spacial score (nSPS) is 14.2. The number of carbonyl (C=O) groups is 3. The van der Waals surface area contributed by atoms with Crippen molar-refractivity contribution in [2.24, 2.45) is 0 Å². The molecule has 38 heavy (non-hydrogen) atoms. The van der Waals surface area contributed by atoms with Crippen LogP contribution in [0, 0.1) is 13.8 Å². The summed E-state index contributed by atoms with van der Waals surface area (Å²) in [6, 6.07) is 15.7. The minimum absolute atomic E-state index is 0.0400. The van der Waals surface area contributed by atoms with E-state index in [-0.39, 0.29) is 24.0 Å². The summed E-state index contributed by atoms with van der Waals surface area (Å²) in [5.74, 6) is 0.0158. The SMILES string of the molecule is COc1cc(/C=C2\SC(=O)N(Cc3ccc(Cl)cc3Cl)C2=O)ccc1OCC(=O)Nc1ccc(C)cc1C. The molecule has 1 saturated heterocycles. The largest absolute Gasteiger partial charge is 0.493 e. The zero-order valence-electron chi connectivity index (χ0n) is 20.8. The number of rotatable bonds is 8. The van der Waals surface area contributed by atoms with E-state index in [4.69, 9.17) is 32.7 Å². The number of benzene rings is 3. The molecule has 196 valence electrons. The fraction of sp³-hybridized carbons (Fsp3) is 0.179. The van der Waals surface area contributed by atoms with E-state index in [9.17, 15) is 14.4 Å². The number of nitrogens with zero attached hydrogens (tertiary/aromatic N) is 1. The second-order valence-electron chi connectivity index (χ2n) is 8.57. The van der Waals surface area contributed by atoms with E-state index in [0.29, 0.717) is 32.7 Å². The van der Waals surface area contributed by atoms with Crippen LogP contribution in [0.4, 0.5) is 10.5 Å². The van der Waals surface area contributed by atoms with Crippen LogP contribution < -0.4 is 14.8 Å². The van der Waals surface area contributed by atoms with Gasteiger partial charge in [0.15, 0.2) is 18.1 Å². The van der Waals surface area contributed by atoms with Crippen LogP contribution in [0.1, 0.15) is 22.3 Å². The van der Waals surface area contributed by atoms with Crippen molar-refractivity contribution in [2.75, 3.05) is 19.0 Å². The van der Waals surface area contributed by atoms with Gasteiger partial charge >= 0.3 is 0 Å². The smallest absolute Gasteiger partial charge is 0.293 e. The van der Waals surface area contributed by atoms with E-state index in [0.717, 1.165) is 33.5 Å². The average Bonchev–Trinajstić information content (AvgIpc) is 3.13. The van der Waals surface area contributed by atoms with Crippen LogP contribution in [-0.2, 0) is 16.1 Å². The predicted molar refractivity (Wildman–Crippen MR) is 151 cm³/mol. The Hall–Kier alpha value is -3.46. The fourth-order valence-corrected chi connectivity index (χ4v) is 5.09. The number of thioether (sulfide) groups is 1. The molecule has 4 rings (SSSR count). The van der Waals surface area contributed by atoms with Gasteiger partial charge in [-0.25, -0.2) is 0 Å². The number of aryl methyl sites for hydroxylation is 2. The van der Waals surface area contributed by atoms with Crippen LogP contribution in [0.2, 0.25) is 10.0 Å². The first-order valence-electron chi connectivity index (χ1n) is 11.5. The van der Waals surface area contributed by atoms with E-state index in [1.807, 2.05) is 32.0 Å². The summed E-state index contributed by atoms with van der Waals surface area (Å²) in [6.07, 6.45) is 1.60. The van der Waals surface area contributed by atoms with Crippen LogP contribution in [-0.4, -0.2) is 35.7 Å². The van der Waals surface area contributed by atoms with E-state index in [2.05, 4.69) is 5.32 Å². The Kier molecular flexibility index (Phi) is 8.66. The van der Waals surface area contributed by atoms with Crippen LogP contribution in [0.15, 0.2) is 59.5 Å². The number of hydrogen-bond donors (Lipinski definition) is 1. The molecule has 0 saturated carbocycles. The quantitative estimate of drug-likeness (QED) is 0.297. The molecule has 10 heteroatoms. The number of halogens is 2. The molecule has 0 spiro atoms. The molecule has 1 fully saturated rings. The van der Waals surface area contributed by atoms with E-state index in [1.54, 1.807) is 42.5 Å². The standard InChI is InChI=1S/C28H24Cl2N2O5S/c1-16-4-8-22(17(2)10-16)31-26(33)15-37-23-9-5-18(11-24(23)36-3)12-25-27(34)32(28(35)38-25)14-19-6-7-20(29)13-21(19)30/h4-13H,14-15H2,1-3H3,(H,31,33)/b25-12-. The highest BCUT2D eigenvalue weighted by atomic mass is 35.5. The van der Waals surface area contributed by atoms with Gasteiger partial charge in [0, 0.05) is 15.7 Å². The number of ether oxygens (including phenoxy) is 2. The van der Waals surface area contributed by atoms with Crippen molar-refractivity contribution in [3.63, 3.8) is 0 Å². The summed E-state index contributed by atoms with van der Waals surface area (Å²) in [4.78, 5) is 39.3. The zero-order chi connectivity index (χ0) is 27.4. The molecule has 0 atom stereocenters. The third kappa shape index (κ3) is 6.51. The topological polar surface area (TPSA) is 84.9 Å². The number of nitrogens with one attached hydrogen (secondary N) is 1. The number of methoxy groups -OCH3 is 1. The van der Waals surface area contributed by atoms with Crippen LogP contribution in [0.3, 0.4) is 0 Å². The molecular formula is C28H24Cl2N2O5S. The molecule has 3 aromatic rings. The van der Waals surface area contributed by atoms with Gasteiger partial charge in [0.2, 0.25) is 0 Å². The Morgan fingerprint density at radius 1 is 1.03 bits per heavy atom. The summed E-state index contributed by atoms with van der Waals surface area (Å²) in [6.45, 7) is 3.74. The monoisotopic (exact) mass is 570 g/mol. The molecule has 0 radical (unpaired) electrons. The highest BCUT2D eigenvalue weighted by Gasteiger charge is 2.35. The number of carbonyl (C=O) groups excluding carboxylic acids is 3. The summed E-state index contributed by atoms with van der Waals surface area (Å²) >= 11 is 13.0. The minimum atomic E-state index is -0.423. The molecule has 0 bridgehead atoms. The van der Waals surface area contributed by atoms with Crippen molar-refractivity contribution >= 4 is 63.8 Å². The lowest BCUT2D eigenvalue weighted by molar-refractivity contribution is -0.123. The summed E-state index contributed by atoms with van der Waals surface area (Å²) in [7, 11) is 1.48. The minimum Gasteiger partial charge on any atom is -0.493 e. The maximum absolute atomic E-state index is 12.9. The van der Waals surface area contributed by atoms with E-state index >= 15 is 0 Å². The summed E-state index contributed by atoms with van der Waals surface area (Å²) < 4.78 is 11.1. The van der Waals surface area contributed by atoms with Crippen LogP contribution in [0.5, 0.6) is 11.5 Å². The Labute approximate surface area is 234 Å². The third-order valence-electron chi connectivity index (χ3n) is 5.72. The lowest BCUT2D eigenvalue weighted by atomic mass is 10.1. The third-order valence-corrected chi connectivity index (χ3v) is 7.21. The number of amides is 3. The van der Waals surface area contributed by atoms with Gasteiger partial charge in [0.05, 0.1) is 18.6 Å². The van der Waals surface area contributed by atoms with E-state index in [1.165, 1.54) is 7.11 Å². The van der Waals surface area contributed by atoms with Crippen LogP contribution in [0.25, 0.3) is 6.08 Å². The molecule has 1 heterocycles. The predicted octanol–water partition coefficient (Wildman–Crippen LogP) is 6.87. The Bertz CT molecular complexity index is 1460. The number of hydrogen-bond acceptors (Lipinski definition) is 6. The van der Waals surface area contributed by atoms with Gasteiger partial charge in [-0.2, -0.15) is 0 Å². The number of anilines is 1. The average molecular weight is 571 g/mol. The molecule has 0 unspecified atom stereocenters. The van der Waals surface area contributed by atoms with Crippen molar-refractivity contribution < 1.29 is 23.9 Å². The van der Waals surface area contributed by atoms with Crippen molar-refractivity contribution in [3.8, 4) is 11.5 Å². The Balaban J connectivity index is 1.43. The highest BCUT2D eigenvalue weighted by molar-refractivity contribution is 8.18. The van der Waals surface area contributed by atoms with E-state index < -0.39 is 11.1 Å². The van der Waals surface area contributed by atoms with Crippen molar-refractivity contribution in [3.05, 3.63) is 91.8 Å².